The van der Waals surface area contributed by atoms with Gasteiger partial charge in [-0.15, -0.1) is 0 Å². The molecule has 1 aliphatic heterocycles. The molecule has 3 amide bonds. The highest BCUT2D eigenvalue weighted by Gasteiger charge is 2.62. The summed E-state index contributed by atoms with van der Waals surface area (Å²) in [5.41, 5.74) is 6.88. The third-order valence-corrected chi connectivity index (χ3v) is 8.06. The number of anilines is 1. The van der Waals surface area contributed by atoms with Crippen molar-refractivity contribution in [1.29, 1.82) is 0 Å². The van der Waals surface area contributed by atoms with Gasteiger partial charge in [0.15, 0.2) is 6.61 Å². The lowest BCUT2D eigenvalue weighted by atomic mass is 9.55. The molecule has 3 atom stereocenters. The number of benzene rings is 3. The molecule has 3 aromatic carbocycles. The summed E-state index contributed by atoms with van der Waals surface area (Å²) in [6, 6.07) is 20.5. The minimum absolute atomic E-state index is 0.245. The van der Waals surface area contributed by atoms with Crippen LogP contribution in [0.5, 0.6) is 0 Å². The minimum Gasteiger partial charge on any atom is -0.454 e. The molecule has 0 saturated carbocycles. The Labute approximate surface area is 220 Å². The van der Waals surface area contributed by atoms with Crippen LogP contribution >= 0.6 is 0 Å². The number of aryl methyl sites for hydroxylation is 2. The third kappa shape index (κ3) is 3.64. The van der Waals surface area contributed by atoms with E-state index < -0.39 is 36.4 Å². The predicted molar refractivity (Wildman–Crippen MR) is 140 cm³/mol. The minimum atomic E-state index is -1.14. The Kier molecular flexibility index (Phi) is 5.67. The standard InChI is InChI=1S/C31H28N2O5/c1-16-12-17(2)14-19(13-16)32-24(34)15-38-31(37)18(3)33-29(35)27-25-20-8-4-5-9-21(20)26(28(27)30(33)36)23-11-7-6-10-22(23)25/h4-14,18,25-28H,15H2,1-3H3,(H,32,34)/t18-,25?,26?,27-,28+/m0/s1. The van der Waals surface area contributed by atoms with E-state index in [1.165, 1.54) is 6.92 Å². The molecule has 1 N–H and O–H groups in total. The van der Waals surface area contributed by atoms with Crippen molar-refractivity contribution in [2.24, 2.45) is 11.8 Å². The molecule has 38 heavy (non-hydrogen) atoms. The van der Waals surface area contributed by atoms with E-state index in [9.17, 15) is 19.2 Å². The van der Waals surface area contributed by atoms with Gasteiger partial charge in [-0.1, -0.05) is 54.6 Å². The number of esters is 1. The van der Waals surface area contributed by atoms with Crippen molar-refractivity contribution in [3.8, 4) is 0 Å². The van der Waals surface area contributed by atoms with Gasteiger partial charge in [-0.2, -0.15) is 0 Å². The molecule has 3 aromatic rings. The van der Waals surface area contributed by atoms with Crippen LogP contribution in [0.25, 0.3) is 0 Å². The molecule has 4 aliphatic rings. The van der Waals surface area contributed by atoms with Crippen LogP contribution in [0.3, 0.4) is 0 Å². The first kappa shape index (κ1) is 24.1. The summed E-state index contributed by atoms with van der Waals surface area (Å²) in [5.74, 6) is -3.63. The Morgan fingerprint density at radius 2 is 1.26 bits per heavy atom. The van der Waals surface area contributed by atoms with Gasteiger partial charge in [-0.3, -0.25) is 19.3 Å². The fourth-order valence-corrected chi connectivity index (χ4v) is 6.69. The number of imide groups is 1. The highest BCUT2D eigenvalue weighted by atomic mass is 16.5. The van der Waals surface area contributed by atoms with Crippen molar-refractivity contribution < 1.29 is 23.9 Å². The van der Waals surface area contributed by atoms with E-state index in [1.54, 1.807) is 0 Å². The average molecular weight is 509 g/mol. The molecule has 1 fully saturated rings. The highest BCUT2D eigenvalue weighted by Crippen LogP contribution is 2.61. The largest absolute Gasteiger partial charge is 0.454 e. The maximum atomic E-state index is 13.8. The average Bonchev–Trinajstić information content (AvgIpc) is 3.16. The number of rotatable bonds is 5. The second-order valence-electron chi connectivity index (χ2n) is 10.5. The lowest BCUT2D eigenvalue weighted by molar-refractivity contribution is -0.159. The number of carbonyl (C=O) groups excluding carboxylic acids is 4. The van der Waals surface area contributed by atoms with Crippen LogP contribution in [0.4, 0.5) is 5.69 Å². The van der Waals surface area contributed by atoms with Gasteiger partial charge in [0.05, 0.1) is 11.8 Å². The fraction of sp³-hybridized carbons (Fsp3) is 0.290. The topological polar surface area (TPSA) is 92.8 Å². The summed E-state index contributed by atoms with van der Waals surface area (Å²) in [7, 11) is 0. The maximum absolute atomic E-state index is 13.8. The van der Waals surface area contributed by atoms with Crippen LogP contribution in [0.1, 0.15) is 52.1 Å². The Morgan fingerprint density at radius 1 is 0.816 bits per heavy atom. The van der Waals surface area contributed by atoms with Crippen LogP contribution in [0.2, 0.25) is 0 Å². The van der Waals surface area contributed by atoms with Gasteiger partial charge in [-0.25, -0.2) is 4.79 Å². The lowest BCUT2D eigenvalue weighted by Crippen LogP contribution is -2.45. The van der Waals surface area contributed by atoms with E-state index >= 15 is 0 Å². The molecule has 3 aliphatic carbocycles. The first-order chi connectivity index (χ1) is 18.3. The van der Waals surface area contributed by atoms with Crippen LogP contribution in [0.15, 0.2) is 66.7 Å². The monoisotopic (exact) mass is 508 g/mol. The van der Waals surface area contributed by atoms with Crippen LogP contribution in [-0.4, -0.2) is 41.2 Å². The molecule has 0 aromatic heterocycles. The van der Waals surface area contributed by atoms with E-state index in [2.05, 4.69) is 5.32 Å². The highest BCUT2D eigenvalue weighted by molar-refractivity contribution is 6.10. The molecule has 7 heteroatoms. The Balaban J connectivity index is 1.21. The lowest BCUT2D eigenvalue weighted by Gasteiger charge is -2.45. The Hall–Kier alpha value is -4.26. The number of ether oxygens (including phenoxy) is 1. The normalized spacial score (nSPS) is 23.4. The van der Waals surface area contributed by atoms with Crippen molar-refractivity contribution in [3.05, 3.63) is 100 Å². The second kappa shape index (κ2) is 8.94. The van der Waals surface area contributed by atoms with Crippen molar-refractivity contribution >= 4 is 29.4 Å². The molecular formula is C31H28N2O5. The molecular weight excluding hydrogens is 480 g/mol. The first-order valence-electron chi connectivity index (χ1n) is 12.9. The number of likely N-dealkylation sites (tertiary alicyclic amines) is 1. The smallest absolute Gasteiger partial charge is 0.329 e. The van der Waals surface area contributed by atoms with Gasteiger partial charge in [0.2, 0.25) is 11.8 Å². The number of nitrogens with one attached hydrogen (secondary N) is 1. The zero-order chi connectivity index (χ0) is 26.7. The van der Waals surface area contributed by atoms with Crippen molar-refractivity contribution in [1.82, 2.24) is 4.90 Å². The molecule has 0 radical (unpaired) electrons. The van der Waals surface area contributed by atoms with Crippen molar-refractivity contribution in [2.75, 3.05) is 11.9 Å². The molecule has 7 nitrogen and oxygen atoms in total. The van der Waals surface area contributed by atoms with Crippen molar-refractivity contribution in [2.45, 2.75) is 38.6 Å². The van der Waals surface area contributed by atoms with Gasteiger partial charge >= 0.3 is 5.97 Å². The summed E-state index contributed by atoms with van der Waals surface area (Å²) >= 11 is 0. The molecule has 2 bridgehead atoms. The zero-order valence-electron chi connectivity index (χ0n) is 21.4. The fourth-order valence-electron chi connectivity index (χ4n) is 6.69. The van der Waals surface area contributed by atoms with E-state index in [0.29, 0.717) is 5.69 Å². The van der Waals surface area contributed by atoms with E-state index in [0.717, 1.165) is 38.3 Å². The molecule has 1 heterocycles. The molecule has 7 rings (SSSR count). The summed E-state index contributed by atoms with van der Waals surface area (Å²) in [6.07, 6.45) is 0. The molecule has 192 valence electrons. The number of amides is 3. The van der Waals surface area contributed by atoms with Crippen LogP contribution < -0.4 is 5.32 Å². The van der Waals surface area contributed by atoms with Crippen LogP contribution in [0, 0.1) is 25.7 Å². The van der Waals surface area contributed by atoms with E-state index in [1.807, 2.05) is 80.6 Å². The molecule has 0 unspecified atom stereocenters. The number of carbonyl (C=O) groups is 4. The Bertz CT molecular complexity index is 1380. The van der Waals surface area contributed by atoms with Crippen LogP contribution in [-0.2, 0) is 23.9 Å². The summed E-state index contributed by atoms with van der Waals surface area (Å²) in [6.45, 7) is 4.82. The van der Waals surface area contributed by atoms with Gasteiger partial charge in [0.1, 0.15) is 6.04 Å². The van der Waals surface area contributed by atoms with Gasteiger partial charge in [0, 0.05) is 17.5 Å². The zero-order valence-corrected chi connectivity index (χ0v) is 21.4. The summed E-state index contributed by atoms with van der Waals surface area (Å²) in [4.78, 5) is 54.0. The third-order valence-electron chi connectivity index (χ3n) is 8.06. The van der Waals surface area contributed by atoms with E-state index in [-0.39, 0.29) is 23.7 Å². The number of nitrogens with zero attached hydrogens (tertiary/aromatic N) is 1. The van der Waals surface area contributed by atoms with Gasteiger partial charge in [0.25, 0.3) is 5.91 Å². The molecule has 0 spiro atoms. The molecule has 1 saturated heterocycles. The second-order valence-corrected chi connectivity index (χ2v) is 10.5. The quantitative estimate of drug-likeness (QED) is 0.414. The first-order valence-corrected chi connectivity index (χ1v) is 12.9. The van der Waals surface area contributed by atoms with Gasteiger partial charge in [-0.05, 0) is 66.3 Å². The summed E-state index contributed by atoms with van der Waals surface area (Å²) < 4.78 is 5.26. The SMILES string of the molecule is Cc1cc(C)cc(NC(=O)COC(=O)[C@H](C)N2C(=O)[C@@H]3C4c5ccccc5C(c5ccccc54)[C@@H]3C2=O)c1. The van der Waals surface area contributed by atoms with Gasteiger partial charge < -0.3 is 10.1 Å². The summed E-state index contributed by atoms with van der Waals surface area (Å²) in [5, 5.41) is 2.72. The maximum Gasteiger partial charge on any atom is 0.329 e. The number of hydrogen-bond acceptors (Lipinski definition) is 5. The van der Waals surface area contributed by atoms with Crippen molar-refractivity contribution in [3.63, 3.8) is 0 Å². The number of hydrogen-bond donors (Lipinski definition) is 1. The van der Waals surface area contributed by atoms with E-state index in [4.69, 9.17) is 4.74 Å². The predicted octanol–water partition coefficient (Wildman–Crippen LogP) is 4.07. The Morgan fingerprint density at radius 3 is 1.71 bits per heavy atom.